The Bertz CT molecular complexity index is 551. The van der Waals surface area contributed by atoms with Gasteiger partial charge >= 0.3 is 0 Å². The molecule has 2 aromatic rings. The Morgan fingerprint density at radius 1 is 1.45 bits per heavy atom. The minimum atomic E-state index is 0.282. The molecular formula is C15H24N4S. The molecule has 5 heteroatoms. The number of nitrogens with one attached hydrogen (secondary N) is 1. The number of rotatable bonds is 2. The van der Waals surface area contributed by atoms with E-state index in [1.807, 2.05) is 0 Å². The van der Waals surface area contributed by atoms with Crippen molar-refractivity contribution in [3.05, 3.63) is 23.5 Å². The Balaban J connectivity index is 1.80. The molecule has 0 aliphatic carbocycles. The number of thiazole rings is 1. The Morgan fingerprint density at radius 2 is 2.25 bits per heavy atom. The van der Waals surface area contributed by atoms with Crippen LogP contribution in [0.3, 0.4) is 0 Å². The van der Waals surface area contributed by atoms with Gasteiger partial charge in [0.05, 0.1) is 5.69 Å². The van der Waals surface area contributed by atoms with E-state index in [1.165, 1.54) is 5.69 Å². The molecule has 1 aliphatic rings. The maximum atomic E-state index is 4.73. The van der Waals surface area contributed by atoms with Crippen LogP contribution in [0.25, 0.3) is 4.96 Å². The highest BCUT2D eigenvalue weighted by molar-refractivity contribution is 7.15. The van der Waals surface area contributed by atoms with E-state index in [2.05, 4.69) is 60.1 Å². The molecule has 1 saturated heterocycles. The average molecular weight is 292 g/mol. The number of hydrogen-bond donors (Lipinski definition) is 1. The normalized spacial score (nSPS) is 25.4. The molecule has 1 aliphatic heterocycles. The fraction of sp³-hybridized carbons (Fsp3) is 0.667. The largest absolute Gasteiger partial charge is 0.311 e. The predicted octanol–water partition coefficient (Wildman–Crippen LogP) is 2.60. The van der Waals surface area contributed by atoms with Gasteiger partial charge in [0.2, 0.25) is 0 Å². The van der Waals surface area contributed by atoms with Crippen molar-refractivity contribution in [3.63, 3.8) is 0 Å². The second-order valence-corrected chi connectivity index (χ2v) is 7.82. The first-order valence-corrected chi connectivity index (χ1v) is 8.20. The monoisotopic (exact) mass is 292 g/mol. The van der Waals surface area contributed by atoms with Gasteiger partial charge in [-0.2, -0.15) is 0 Å². The van der Waals surface area contributed by atoms with Gasteiger partial charge in [0.1, 0.15) is 0 Å². The second kappa shape index (κ2) is 5.13. The first kappa shape index (κ1) is 14.0. The third-order valence-electron chi connectivity index (χ3n) is 4.12. The lowest BCUT2D eigenvalue weighted by Gasteiger charge is -2.45. The van der Waals surface area contributed by atoms with Crippen LogP contribution in [-0.4, -0.2) is 39.5 Å². The summed E-state index contributed by atoms with van der Waals surface area (Å²) in [5, 5.41) is 5.69. The van der Waals surface area contributed by atoms with E-state index in [4.69, 9.17) is 4.98 Å². The van der Waals surface area contributed by atoms with Crippen LogP contribution in [0.1, 0.15) is 33.4 Å². The topological polar surface area (TPSA) is 32.6 Å². The molecule has 3 rings (SSSR count). The zero-order valence-electron chi connectivity index (χ0n) is 12.8. The van der Waals surface area contributed by atoms with Crippen molar-refractivity contribution in [2.75, 3.05) is 13.1 Å². The van der Waals surface area contributed by atoms with E-state index in [0.29, 0.717) is 12.1 Å². The molecule has 0 radical (unpaired) electrons. The SMILES string of the molecule is CC1CN(Cc2cn3ccsc3n2)C(C(C)(C)C)CN1. The maximum absolute atomic E-state index is 4.73. The highest BCUT2D eigenvalue weighted by Gasteiger charge is 2.34. The number of nitrogens with zero attached hydrogens (tertiary/aromatic N) is 3. The quantitative estimate of drug-likeness (QED) is 0.923. The molecule has 4 nitrogen and oxygen atoms in total. The lowest BCUT2D eigenvalue weighted by atomic mass is 9.84. The maximum Gasteiger partial charge on any atom is 0.193 e. The summed E-state index contributed by atoms with van der Waals surface area (Å²) in [4.78, 5) is 8.41. The summed E-state index contributed by atoms with van der Waals surface area (Å²) in [6.07, 6.45) is 4.25. The first-order chi connectivity index (χ1) is 9.43. The standard InChI is InChI=1S/C15H24N4S/c1-11-8-19(13(7-16-11)15(2,3)4)10-12-9-18-5-6-20-14(18)17-12/h5-6,9,11,13,16H,7-8,10H2,1-4H3. The van der Waals surface area contributed by atoms with Gasteiger partial charge in [-0.1, -0.05) is 20.8 Å². The van der Waals surface area contributed by atoms with Crippen molar-refractivity contribution in [2.45, 2.75) is 46.3 Å². The van der Waals surface area contributed by atoms with E-state index in [-0.39, 0.29) is 5.41 Å². The highest BCUT2D eigenvalue weighted by Crippen LogP contribution is 2.27. The molecule has 2 atom stereocenters. The van der Waals surface area contributed by atoms with Gasteiger partial charge in [-0.15, -0.1) is 11.3 Å². The lowest BCUT2D eigenvalue weighted by molar-refractivity contribution is 0.0517. The molecule has 2 aromatic heterocycles. The Kier molecular flexibility index (Phi) is 3.60. The van der Waals surface area contributed by atoms with Crippen molar-refractivity contribution in [3.8, 4) is 0 Å². The Morgan fingerprint density at radius 3 is 2.95 bits per heavy atom. The summed E-state index contributed by atoms with van der Waals surface area (Å²) in [6, 6.07) is 1.11. The van der Waals surface area contributed by atoms with Gasteiger partial charge in [0.15, 0.2) is 4.96 Å². The molecule has 1 N–H and O–H groups in total. The van der Waals surface area contributed by atoms with Gasteiger partial charge in [-0.3, -0.25) is 9.30 Å². The smallest absolute Gasteiger partial charge is 0.193 e. The van der Waals surface area contributed by atoms with Gasteiger partial charge in [-0.25, -0.2) is 4.98 Å². The van der Waals surface area contributed by atoms with Crippen molar-refractivity contribution >= 4 is 16.3 Å². The van der Waals surface area contributed by atoms with Crippen LogP contribution >= 0.6 is 11.3 Å². The molecule has 3 heterocycles. The molecule has 0 saturated carbocycles. The number of hydrogen-bond acceptors (Lipinski definition) is 4. The molecule has 1 fully saturated rings. The third kappa shape index (κ3) is 2.75. The number of piperazine rings is 1. The van der Waals surface area contributed by atoms with Crippen LogP contribution in [0.5, 0.6) is 0 Å². The number of imidazole rings is 1. The molecule has 0 bridgehead atoms. The summed E-state index contributed by atoms with van der Waals surface area (Å²) in [5.41, 5.74) is 1.46. The van der Waals surface area contributed by atoms with Gasteiger partial charge in [-0.05, 0) is 12.3 Å². The van der Waals surface area contributed by atoms with Crippen molar-refractivity contribution in [2.24, 2.45) is 5.41 Å². The molecular weight excluding hydrogens is 268 g/mol. The van der Waals surface area contributed by atoms with Gasteiger partial charge in [0, 0.05) is 49.5 Å². The van der Waals surface area contributed by atoms with E-state index in [9.17, 15) is 0 Å². The van der Waals surface area contributed by atoms with Gasteiger partial charge in [0.25, 0.3) is 0 Å². The summed E-state index contributed by atoms with van der Waals surface area (Å²) in [5.74, 6) is 0. The molecule has 2 unspecified atom stereocenters. The molecule has 20 heavy (non-hydrogen) atoms. The zero-order chi connectivity index (χ0) is 14.3. The lowest BCUT2D eigenvalue weighted by Crippen LogP contribution is -2.59. The third-order valence-corrected chi connectivity index (χ3v) is 4.89. The van der Waals surface area contributed by atoms with Crippen molar-refractivity contribution in [1.29, 1.82) is 0 Å². The first-order valence-electron chi connectivity index (χ1n) is 7.32. The zero-order valence-corrected chi connectivity index (χ0v) is 13.6. The number of fused-ring (bicyclic) bond motifs is 1. The van der Waals surface area contributed by atoms with Crippen molar-refractivity contribution in [1.82, 2.24) is 19.6 Å². The fourth-order valence-corrected chi connectivity index (χ4v) is 3.79. The summed E-state index contributed by atoms with van der Waals surface area (Å²) >= 11 is 1.70. The van der Waals surface area contributed by atoms with E-state index < -0.39 is 0 Å². The predicted molar refractivity (Wildman–Crippen MR) is 84.2 cm³/mol. The van der Waals surface area contributed by atoms with E-state index >= 15 is 0 Å². The molecule has 0 amide bonds. The minimum Gasteiger partial charge on any atom is -0.311 e. The van der Waals surface area contributed by atoms with Crippen LogP contribution in [0, 0.1) is 5.41 Å². The van der Waals surface area contributed by atoms with E-state index in [0.717, 1.165) is 24.6 Å². The molecule has 0 aromatic carbocycles. The summed E-state index contributed by atoms with van der Waals surface area (Å²) < 4.78 is 2.12. The van der Waals surface area contributed by atoms with Crippen LogP contribution in [0.15, 0.2) is 17.8 Å². The van der Waals surface area contributed by atoms with Gasteiger partial charge < -0.3 is 5.32 Å². The van der Waals surface area contributed by atoms with Crippen LogP contribution in [-0.2, 0) is 6.54 Å². The van der Waals surface area contributed by atoms with Crippen molar-refractivity contribution < 1.29 is 0 Å². The highest BCUT2D eigenvalue weighted by atomic mass is 32.1. The Labute approximate surface area is 124 Å². The molecule has 0 spiro atoms. The Hall–Kier alpha value is -0.910. The summed E-state index contributed by atoms with van der Waals surface area (Å²) in [6.45, 7) is 12.3. The van der Waals surface area contributed by atoms with Crippen LogP contribution in [0.4, 0.5) is 0 Å². The summed E-state index contributed by atoms with van der Waals surface area (Å²) in [7, 11) is 0. The minimum absolute atomic E-state index is 0.282. The molecule has 110 valence electrons. The number of aromatic nitrogens is 2. The van der Waals surface area contributed by atoms with E-state index in [1.54, 1.807) is 11.3 Å². The van der Waals surface area contributed by atoms with Crippen LogP contribution in [0.2, 0.25) is 0 Å². The average Bonchev–Trinajstić information content (AvgIpc) is 2.87. The fourth-order valence-electron chi connectivity index (χ4n) is 3.07. The second-order valence-electron chi connectivity index (χ2n) is 6.95. The van der Waals surface area contributed by atoms with Crippen LogP contribution < -0.4 is 5.32 Å².